The number of hydrogen-bond acceptors (Lipinski definition) is 4. The van der Waals surface area contributed by atoms with E-state index in [1.807, 2.05) is 24.3 Å². The summed E-state index contributed by atoms with van der Waals surface area (Å²) in [5.41, 5.74) is 0. The molecule has 1 aliphatic rings. The highest BCUT2D eigenvalue weighted by Gasteiger charge is 2.27. The molecule has 104 valence electrons. The molecule has 19 heavy (non-hydrogen) atoms. The fourth-order valence-electron chi connectivity index (χ4n) is 2.25. The largest absolute Gasteiger partial charge is 0.497 e. The molecular weight excluding hydrogens is 262 g/mol. The predicted octanol–water partition coefficient (Wildman–Crippen LogP) is 1.77. The van der Waals surface area contributed by atoms with Crippen LogP contribution < -0.4 is 4.74 Å². The predicted molar refractivity (Wildman–Crippen MR) is 75.5 cm³/mol. The number of carbonyl (C=O) groups excluding carboxylic acids is 1. The Bertz CT molecular complexity index is 421. The Kier molecular flexibility index (Phi) is 5.10. The summed E-state index contributed by atoms with van der Waals surface area (Å²) in [4.78, 5) is 14.9. The average Bonchev–Trinajstić information content (AvgIpc) is 2.93. The van der Waals surface area contributed by atoms with Gasteiger partial charge in [-0.15, -0.1) is 11.8 Å². The Hall–Kier alpha value is -1.20. The summed E-state index contributed by atoms with van der Waals surface area (Å²) in [6, 6.07) is 7.69. The van der Waals surface area contributed by atoms with Crippen LogP contribution in [0.15, 0.2) is 29.2 Å². The molecule has 0 aromatic heterocycles. The lowest BCUT2D eigenvalue weighted by molar-refractivity contribution is -0.129. The van der Waals surface area contributed by atoms with Crippen LogP contribution in [0.1, 0.15) is 12.8 Å². The topological polar surface area (TPSA) is 49.8 Å². The van der Waals surface area contributed by atoms with Gasteiger partial charge in [0.05, 0.1) is 25.5 Å². The Morgan fingerprint density at radius 2 is 2.21 bits per heavy atom. The van der Waals surface area contributed by atoms with Gasteiger partial charge in [-0.25, -0.2) is 0 Å². The van der Waals surface area contributed by atoms with E-state index in [1.165, 1.54) is 11.8 Å². The highest BCUT2D eigenvalue weighted by molar-refractivity contribution is 8.00. The van der Waals surface area contributed by atoms with E-state index >= 15 is 0 Å². The maximum absolute atomic E-state index is 12.1. The molecule has 1 saturated heterocycles. The Balaban J connectivity index is 1.85. The number of methoxy groups -OCH3 is 1. The highest BCUT2D eigenvalue weighted by Crippen LogP contribution is 2.23. The van der Waals surface area contributed by atoms with Crippen molar-refractivity contribution in [1.82, 2.24) is 4.90 Å². The van der Waals surface area contributed by atoms with E-state index in [0.717, 1.165) is 30.0 Å². The average molecular weight is 281 g/mol. The number of amides is 1. The van der Waals surface area contributed by atoms with E-state index in [0.29, 0.717) is 5.75 Å². The first-order valence-electron chi connectivity index (χ1n) is 6.41. The minimum atomic E-state index is 0.0176. The number of nitrogens with zero attached hydrogens (tertiary/aromatic N) is 1. The minimum Gasteiger partial charge on any atom is -0.497 e. The summed E-state index contributed by atoms with van der Waals surface area (Å²) < 4.78 is 5.09. The van der Waals surface area contributed by atoms with Crippen molar-refractivity contribution in [1.29, 1.82) is 0 Å². The Morgan fingerprint density at radius 1 is 1.47 bits per heavy atom. The maximum atomic E-state index is 12.1. The normalized spacial score (nSPS) is 18.6. The van der Waals surface area contributed by atoms with Gasteiger partial charge in [0.15, 0.2) is 0 Å². The molecule has 1 N–H and O–H groups in total. The number of hydrogen-bond donors (Lipinski definition) is 1. The smallest absolute Gasteiger partial charge is 0.233 e. The van der Waals surface area contributed by atoms with Crippen molar-refractivity contribution in [2.75, 3.05) is 26.0 Å². The molecule has 0 radical (unpaired) electrons. The molecule has 0 bridgehead atoms. The van der Waals surface area contributed by atoms with Gasteiger partial charge >= 0.3 is 0 Å². The first kappa shape index (κ1) is 14.2. The van der Waals surface area contributed by atoms with Gasteiger partial charge in [-0.2, -0.15) is 0 Å². The molecule has 1 aromatic rings. The molecule has 0 saturated carbocycles. The van der Waals surface area contributed by atoms with Crippen LogP contribution in [0.5, 0.6) is 5.75 Å². The zero-order chi connectivity index (χ0) is 13.7. The molecule has 1 unspecified atom stereocenters. The molecule has 1 fully saturated rings. The fraction of sp³-hybridized carbons (Fsp3) is 0.500. The van der Waals surface area contributed by atoms with Gasteiger partial charge in [0.1, 0.15) is 5.75 Å². The number of carbonyl (C=O) groups is 1. The lowest BCUT2D eigenvalue weighted by Crippen LogP contribution is -2.38. The summed E-state index contributed by atoms with van der Waals surface area (Å²) in [6.45, 7) is 0.839. The van der Waals surface area contributed by atoms with Crippen molar-refractivity contribution < 1.29 is 14.6 Å². The molecule has 1 aliphatic heterocycles. The van der Waals surface area contributed by atoms with E-state index in [2.05, 4.69) is 0 Å². The van der Waals surface area contributed by atoms with Crippen molar-refractivity contribution in [2.45, 2.75) is 23.8 Å². The van der Waals surface area contributed by atoms with Crippen LogP contribution in [0.3, 0.4) is 0 Å². The number of aliphatic hydroxyl groups is 1. The van der Waals surface area contributed by atoms with Crippen molar-refractivity contribution in [3.05, 3.63) is 24.3 Å². The van der Waals surface area contributed by atoms with Crippen LogP contribution >= 0.6 is 11.8 Å². The molecule has 1 atom stereocenters. The molecule has 2 rings (SSSR count). The van der Waals surface area contributed by atoms with Crippen LogP contribution in [0.2, 0.25) is 0 Å². The standard InChI is InChI=1S/C14H19NO3S/c1-18-12-4-6-13(7-5-12)19-10-14(17)15-8-2-3-11(15)9-16/h4-7,11,16H,2-3,8-10H2,1H3. The van der Waals surface area contributed by atoms with Gasteiger partial charge in [0, 0.05) is 11.4 Å². The van der Waals surface area contributed by atoms with Crippen molar-refractivity contribution in [3.63, 3.8) is 0 Å². The lowest BCUT2D eigenvalue weighted by atomic mass is 10.2. The van der Waals surface area contributed by atoms with E-state index in [4.69, 9.17) is 4.74 Å². The second-order valence-electron chi connectivity index (χ2n) is 4.53. The summed E-state index contributed by atoms with van der Waals surface area (Å²) in [5, 5.41) is 9.21. The van der Waals surface area contributed by atoms with Crippen LogP contribution in [0.4, 0.5) is 0 Å². The number of rotatable bonds is 5. The third kappa shape index (κ3) is 3.64. The van der Waals surface area contributed by atoms with Crippen LogP contribution in [0, 0.1) is 0 Å². The van der Waals surface area contributed by atoms with Gasteiger partial charge < -0.3 is 14.7 Å². The van der Waals surface area contributed by atoms with Gasteiger partial charge in [-0.1, -0.05) is 0 Å². The van der Waals surface area contributed by atoms with E-state index in [1.54, 1.807) is 12.0 Å². The van der Waals surface area contributed by atoms with Gasteiger partial charge in [0.25, 0.3) is 0 Å². The van der Waals surface area contributed by atoms with Gasteiger partial charge in [-0.05, 0) is 37.1 Å². The molecular formula is C14H19NO3S. The minimum absolute atomic E-state index is 0.0176. The molecule has 4 nitrogen and oxygen atoms in total. The second-order valence-corrected chi connectivity index (χ2v) is 5.58. The molecule has 1 heterocycles. The third-order valence-corrected chi connectivity index (χ3v) is 4.33. The summed E-state index contributed by atoms with van der Waals surface area (Å²) in [7, 11) is 1.63. The lowest BCUT2D eigenvalue weighted by Gasteiger charge is -2.22. The summed E-state index contributed by atoms with van der Waals surface area (Å²) >= 11 is 1.52. The number of aliphatic hydroxyl groups excluding tert-OH is 1. The number of thioether (sulfide) groups is 1. The first-order chi connectivity index (χ1) is 9.24. The van der Waals surface area contributed by atoms with Crippen LogP contribution in [-0.2, 0) is 4.79 Å². The Morgan fingerprint density at radius 3 is 2.84 bits per heavy atom. The summed E-state index contributed by atoms with van der Waals surface area (Å²) in [5.74, 6) is 1.34. The SMILES string of the molecule is COc1ccc(SCC(=O)N2CCCC2CO)cc1. The third-order valence-electron chi connectivity index (χ3n) is 3.33. The van der Waals surface area contributed by atoms with Gasteiger partial charge in [-0.3, -0.25) is 4.79 Å². The fourth-order valence-corrected chi connectivity index (χ4v) is 3.04. The van der Waals surface area contributed by atoms with Crippen molar-refractivity contribution in [3.8, 4) is 5.75 Å². The quantitative estimate of drug-likeness (QED) is 0.836. The first-order valence-corrected chi connectivity index (χ1v) is 7.40. The van der Waals surface area contributed by atoms with Gasteiger partial charge in [0.2, 0.25) is 5.91 Å². The molecule has 0 spiro atoms. The zero-order valence-corrected chi connectivity index (χ0v) is 11.9. The maximum Gasteiger partial charge on any atom is 0.233 e. The van der Waals surface area contributed by atoms with E-state index in [9.17, 15) is 9.90 Å². The van der Waals surface area contributed by atoms with Crippen molar-refractivity contribution in [2.24, 2.45) is 0 Å². The monoisotopic (exact) mass is 281 g/mol. The second kappa shape index (κ2) is 6.82. The van der Waals surface area contributed by atoms with E-state index < -0.39 is 0 Å². The Labute approximate surface area is 117 Å². The zero-order valence-electron chi connectivity index (χ0n) is 11.0. The molecule has 1 aromatic carbocycles. The highest BCUT2D eigenvalue weighted by atomic mass is 32.2. The number of ether oxygens (including phenoxy) is 1. The van der Waals surface area contributed by atoms with Crippen molar-refractivity contribution >= 4 is 17.7 Å². The molecule has 1 amide bonds. The molecule has 5 heteroatoms. The summed E-state index contributed by atoms with van der Waals surface area (Å²) in [6.07, 6.45) is 1.90. The number of benzene rings is 1. The van der Waals surface area contributed by atoms with Crippen LogP contribution in [0.25, 0.3) is 0 Å². The number of likely N-dealkylation sites (tertiary alicyclic amines) is 1. The van der Waals surface area contributed by atoms with E-state index in [-0.39, 0.29) is 18.6 Å². The molecule has 0 aliphatic carbocycles. The van der Waals surface area contributed by atoms with Crippen LogP contribution in [-0.4, -0.2) is 48.0 Å².